The highest BCUT2D eigenvalue weighted by atomic mass is 19.1. The quantitative estimate of drug-likeness (QED) is 0.500. The van der Waals surface area contributed by atoms with Crippen LogP contribution in [0.15, 0.2) is 18.2 Å². The molecule has 2 N–H and O–H groups in total. The number of methoxy groups -OCH3 is 1. The lowest BCUT2D eigenvalue weighted by Gasteiger charge is -2.35. The standard InChI is InChI=1S/C27H39FN8O2/c1-38-23-11-10-21(18-22(23)28)30-26-31-25(29-20-8-4-2-3-5-9-20)32-27(33-26)36-16-14-34(15-17-36)19-24(37)35-12-6-7-13-35/h10-11,18,20H,2-9,12-17,19H2,1H3,(H2,29,30,31,32,33). The summed E-state index contributed by atoms with van der Waals surface area (Å²) in [5.41, 5.74) is 0.533. The number of hydrogen-bond donors (Lipinski definition) is 2. The Hall–Kier alpha value is -3.21. The van der Waals surface area contributed by atoms with Gasteiger partial charge in [-0.1, -0.05) is 25.7 Å². The monoisotopic (exact) mass is 526 g/mol. The molecule has 1 amide bonds. The summed E-state index contributed by atoms with van der Waals surface area (Å²) in [5, 5.41) is 6.69. The third-order valence-electron chi connectivity index (χ3n) is 7.69. The third kappa shape index (κ3) is 6.80. The van der Waals surface area contributed by atoms with Gasteiger partial charge in [0.1, 0.15) is 0 Å². The second-order valence-corrected chi connectivity index (χ2v) is 10.4. The molecule has 3 fully saturated rings. The summed E-state index contributed by atoms with van der Waals surface area (Å²) >= 11 is 0. The fourth-order valence-corrected chi connectivity index (χ4v) is 5.47. The van der Waals surface area contributed by atoms with Gasteiger partial charge in [0.05, 0.1) is 13.7 Å². The molecule has 0 radical (unpaired) electrons. The second-order valence-electron chi connectivity index (χ2n) is 10.4. The van der Waals surface area contributed by atoms with E-state index in [0.717, 1.165) is 65.0 Å². The van der Waals surface area contributed by atoms with Crippen molar-refractivity contribution in [3.05, 3.63) is 24.0 Å². The van der Waals surface area contributed by atoms with Crippen LogP contribution in [0.2, 0.25) is 0 Å². The molecule has 1 aliphatic carbocycles. The van der Waals surface area contributed by atoms with Gasteiger partial charge >= 0.3 is 0 Å². The molecular weight excluding hydrogens is 487 g/mol. The molecule has 1 aromatic carbocycles. The average molecular weight is 527 g/mol. The molecule has 2 saturated heterocycles. The molecule has 0 atom stereocenters. The van der Waals surface area contributed by atoms with Crippen LogP contribution >= 0.6 is 0 Å². The Morgan fingerprint density at radius 3 is 2.34 bits per heavy atom. The van der Waals surface area contributed by atoms with E-state index in [1.54, 1.807) is 12.1 Å². The molecule has 1 saturated carbocycles. The zero-order chi connectivity index (χ0) is 26.3. The molecule has 1 aromatic heterocycles. The number of ether oxygens (including phenoxy) is 1. The normalized spacial score (nSPS) is 19.3. The number of benzene rings is 1. The van der Waals surface area contributed by atoms with E-state index >= 15 is 0 Å². The maximum atomic E-state index is 14.3. The van der Waals surface area contributed by atoms with Gasteiger partial charge in [-0.15, -0.1) is 0 Å². The van der Waals surface area contributed by atoms with Crippen molar-refractivity contribution in [1.29, 1.82) is 0 Å². The first-order chi connectivity index (χ1) is 18.6. The molecular formula is C27H39FN8O2. The Bertz CT molecular complexity index is 1080. The third-order valence-corrected chi connectivity index (χ3v) is 7.69. The minimum absolute atomic E-state index is 0.184. The SMILES string of the molecule is COc1ccc(Nc2nc(NC3CCCCCC3)nc(N3CCN(CC(=O)N4CCCC4)CC3)n2)cc1F. The molecule has 3 aliphatic rings. The Kier molecular flexibility index (Phi) is 8.72. The molecule has 0 unspecified atom stereocenters. The summed E-state index contributed by atoms with van der Waals surface area (Å²) in [6.07, 6.45) is 9.33. The molecule has 10 nitrogen and oxygen atoms in total. The second kappa shape index (κ2) is 12.6. The maximum Gasteiger partial charge on any atom is 0.236 e. The van der Waals surface area contributed by atoms with Crippen molar-refractivity contribution in [3.8, 4) is 5.75 Å². The molecule has 5 rings (SSSR count). The van der Waals surface area contributed by atoms with Crippen molar-refractivity contribution in [2.45, 2.75) is 57.4 Å². The van der Waals surface area contributed by atoms with Gasteiger partial charge < -0.3 is 25.2 Å². The zero-order valence-electron chi connectivity index (χ0n) is 22.3. The summed E-state index contributed by atoms with van der Waals surface area (Å²) in [4.78, 5) is 33.0. The van der Waals surface area contributed by atoms with E-state index < -0.39 is 5.82 Å². The topological polar surface area (TPSA) is 98.8 Å². The predicted octanol–water partition coefficient (Wildman–Crippen LogP) is 3.64. The van der Waals surface area contributed by atoms with Crippen molar-refractivity contribution in [1.82, 2.24) is 24.8 Å². The Balaban J connectivity index is 1.29. The van der Waals surface area contributed by atoms with E-state index in [9.17, 15) is 9.18 Å². The summed E-state index contributed by atoms with van der Waals surface area (Å²) in [5.74, 6) is 1.43. The number of likely N-dealkylation sites (tertiary alicyclic amines) is 1. The van der Waals surface area contributed by atoms with Crippen molar-refractivity contribution >= 4 is 29.4 Å². The summed E-state index contributed by atoms with van der Waals surface area (Å²) in [6.45, 7) is 5.21. The fourth-order valence-electron chi connectivity index (χ4n) is 5.47. The van der Waals surface area contributed by atoms with Gasteiger partial charge in [0.2, 0.25) is 23.8 Å². The van der Waals surface area contributed by atoms with Crippen molar-refractivity contribution in [3.63, 3.8) is 0 Å². The van der Waals surface area contributed by atoms with Crippen LogP contribution in [-0.4, -0.2) is 89.6 Å². The van der Waals surface area contributed by atoms with Crippen LogP contribution in [0.5, 0.6) is 5.75 Å². The molecule has 2 aromatic rings. The van der Waals surface area contributed by atoms with Gasteiger partial charge in [-0.05, 0) is 37.8 Å². The van der Waals surface area contributed by atoms with E-state index in [1.807, 2.05) is 4.90 Å². The number of nitrogens with zero attached hydrogens (tertiary/aromatic N) is 6. The predicted molar refractivity (Wildman–Crippen MR) is 146 cm³/mol. The van der Waals surface area contributed by atoms with Crippen LogP contribution in [0.1, 0.15) is 51.4 Å². The van der Waals surface area contributed by atoms with Crippen molar-refractivity contribution in [2.75, 3.05) is 68.5 Å². The van der Waals surface area contributed by atoms with Crippen LogP contribution in [0.25, 0.3) is 0 Å². The van der Waals surface area contributed by atoms with Gasteiger partial charge in [-0.3, -0.25) is 9.69 Å². The van der Waals surface area contributed by atoms with Crippen LogP contribution in [0.4, 0.5) is 27.9 Å². The van der Waals surface area contributed by atoms with E-state index in [1.165, 1.54) is 38.9 Å². The molecule has 0 bridgehead atoms. The minimum Gasteiger partial charge on any atom is -0.494 e. The molecule has 206 valence electrons. The van der Waals surface area contributed by atoms with Crippen molar-refractivity contribution < 1.29 is 13.9 Å². The zero-order valence-corrected chi connectivity index (χ0v) is 22.3. The van der Waals surface area contributed by atoms with Gasteiger partial charge in [-0.2, -0.15) is 15.0 Å². The fraction of sp³-hybridized carbons (Fsp3) is 0.630. The number of nitrogens with one attached hydrogen (secondary N) is 2. The molecule has 2 aliphatic heterocycles. The highest BCUT2D eigenvalue weighted by Crippen LogP contribution is 2.25. The number of piperazine rings is 1. The Morgan fingerprint density at radius 2 is 1.66 bits per heavy atom. The number of aromatic nitrogens is 3. The smallest absolute Gasteiger partial charge is 0.236 e. The van der Waals surface area contributed by atoms with Gasteiger partial charge in [0, 0.05) is 57.1 Å². The van der Waals surface area contributed by atoms with E-state index in [2.05, 4.69) is 25.4 Å². The van der Waals surface area contributed by atoms with Crippen LogP contribution in [-0.2, 0) is 4.79 Å². The summed E-state index contributed by atoms with van der Waals surface area (Å²) < 4.78 is 19.3. The van der Waals surface area contributed by atoms with Crippen LogP contribution in [0, 0.1) is 5.82 Å². The van der Waals surface area contributed by atoms with Crippen molar-refractivity contribution in [2.24, 2.45) is 0 Å². The van der Waals surface area contributed by atoms with Crippen LogP contribution in [0.3, 0.4) is 0 Å². The van der Waals surface area contributed by atoms with E-state index in [-0.39, 0.29) is 11.7 Å². The Morgan fingerprint density at radius 1 is 0.947 bits per heavy atom. The van der Waals surface area contributed by atoms with Gasteiger partial charge in [-0.25, -0.2) is 4.39 Å². The molecule has 11 heteroatoms. The van der Waals surface area contributed by atoms with Gasteiger partial charge in [0.15, 0.2) is 11.6 Å². The van der Waals surface area contributed by atoms with Gasteiger partial charge in [0.25, 0.3) is 0 Å². The average Bonchev–Trinajstić information content (AvgIpc) is 3.35. The number of halogens is 1. The highest BCUT2D eigenvalue weighted by molar-refractivity contribution is 5.78. The molecule has 0 spiro atoms. The number of carbonyl (C=O) groups is 1. The number of amides is 1. The molecule has 38 heavy (non-hydrogen) atoms. The van der Waals surface area contributed by atoms with E-state index in [0.29, 0.717) is 36.1 Å². The number of hydrogen-bond acceptors (Lipinski definition) is 9. The molecule has 3 heterocycles. The lowest BCUT2D eigenvalue weighted by Crippen LogP contribution is -2.50. The largest absolute Gasteiger partial charge is 0.494 e. The first-order valence-corrected chi connectivity index (χ1v) is 14.0. The minimum atomic E-state index is -0.455. The Labute approximate surface area is 224 Å². The summed E-state index contributed by atoms with van der Waals surface area (Å²) in [6, 6.07) is 5.01. The number of rotatable bonds is 8. The number of anilines is 4. The lowest BCUT2D eigenvalue weighted by molar-refractivity contribution is -0.131. The first-order valence-electron chi connectivity index (χ1n) is 14.0. The number of carbonyl (C=O) groups excluding carboxylic acids is 1. The van der Waals surface area contributed by atoms with E-state index in [4.69, 9.17) is 14.7 Å². The van der Waals surface area contributed by atoms with Crippen LogP contribution < -0.4 is 20.3 Å². The lowest BCUT2D eigenvalue weighted by atomic mass is 10.1. The summed E-state index contributed by atoms with van der Waals surface area (Å²) in [7, 11) is 1.44. The maximum absolute atomic E-state index is 14.3. The highest BCUT2D eigenvalue weighted by Gasteiger charge is 2.25. The first kappa shape index (κ1) is 26.4.